The highest BCUT2D eigenvalue weighted by Gasteiger charge is 2.15. The molecular weight excluding hydrogens is 310 g/mol. The lowest BCUT2D eigenvalue weighted by Crippen LogP contribution is -2.28. The summed E-state index contributed by atoms with van der Waals surface area (Å²) in [6.45, 7) is 0.378. The molecule has 0 aliphatic carbocycles. The van der Waals surface area contributed by atoms with Crippen molar-refractivity contribution in [3.05, 3.63) is 51.2 Å². The highest BCUT2D eigenvalue weighted by molar-refractivity contribution is 7.16. The summed E-state index contributed by atoms with van der Waals surface area (Å²) in [4.78, 5) is 13.1. The van der Waals surface area contributed by atoms with E-state index in [1.54, 1.807) is 38.5 Å². The Bertz CT molecular complexity index is 614. The van der Waals surface area contributed by atoms with Crippen molar-refractivity contribution >= 4 is 28.8 Å². The molecule has 2 rings (SSSR count). The molecule has 1 unspecified atom stereocenters. The molecule has 1 amide bonds. The number of nitrogens with one attached hydrogen (secondary N) is 1. The first kappa shape index (κ1) is 15.8. The van der Waals surface area contributed by atoms with Gasteiger partial charge in [-0.2, -0.15) is 0 Å². The van der Waals surface area contributed by atoms with E-state index in [2.05, 4.69) is 5.32 Å². The molecule has 1 heterocycles. The number of hydrogen-bond donors (Lipinski definition) is 1. The van der Waals surface area contributed by atoms with Gasteiger partial charge in [-0.1, -0.05) is 17.7 Å². The fourth-order valence-electron chi connectivity index (χ4n) is 1.85. The molecule has 112 valence electrons. The predicted molar refractivity (Wildman–Crippen MR) is 84.4 cm³/mol. The van der Waals surface area contributed by atoms with E-state index >= 15 is 0 Å². The summed E-state index contributed by atoms with van der Waals surface area (Å²) in [7, 11) is 3.18. The van der Waals surface area contributed by atoms with Crippen LogP contribution in [0.5, 0.6) is 5.75 Å². The minimum atomic E-state index is -0.211. The Morgan fingerprint density at radius 3 is 2.76 bits per heavy atom. The van der Waals surface area contributed by atoms with Gasteiger partial charge in [-0.25, -0.2) is 0 Å². The maximum absolute atomic E-state index is 12.1. The highest BCUT2D eigenvalue weighted by Crippen LogP contribution is 2.28. The number of rotatable bonds is 6. The molecule has 0 bridgehead atoms. The van der Waals surface area contributed by atoms with Crippen molar-refractivity contribution in [1.82, 2.24) is 5.32 Å². The van der Waals surface area contributed by atoms with Gasteiger partial charge in [0, 0.05) is 24.1 Å². The molecule has 0 radical (unpaired) electrons. The quantitative estimate of drug-likeness (QED) is 0.884. The third-order valence-corrected chi connectivity index (χ3v) is 4.30. The second kappa shape index (κ2) is 7.45. The van der Waals surface area contributed by atoms with E-state index in [-0.39, 0.29) is 12.0 Å². The summed E-state index contributed by atoms with van der Waals surface area (Å²) in [5, 5.41) is 2.85. The van der Waals surface area contributed by atoms with Crippen LogP contribution in [0.25, 0.3) is 0 Å². The van der Waals surface area contributed by atoms with Gasteiger partial charge in [0.15, 0.2) is 0 Å². The van der Waals surface area contributed by atoms with Gasteiger partial charge in [-0.05, 0) is 30.3 Å². The van der Waals surface area contributed by atoms with E-state index < -0.39 is 0 Å². The van der Waals surface area contributed by atoms with Crippen LogP contribution >= 0.6 is 22.9 Å². The van der Waals surface area contributed by atoms with E-state index in [4.69, 9.17) is 21.1 Å². The largest absolute Gasteiger partial charge is 0.497 e. The van der Waals surface area contributed by atoms with Crippen molar-refractivity contribution in [3.63, 3.8) is 0 Å². The van der Waals surface area contributed by atoms with Crippen LogP contribution in [0.3, 0.4) is 0 Å². The standard InChI is InChI=1S/C15H16ClNO3S/c1-19-11-5-3-4-10(8-11)15(18)17-9-12(20-2)13-6-7-14(16)21-13/h3-8,12H,9H2,1-2H3,(H,17,18). The van der Waals surface area contributed by atoms with E-state index in [1.165, 1.54) is 11.3 Å². The van der Waals surface area contributed by atoms with E-state index in [0.717, 1.165) is 4.88 Å². The normalized spacial score (nSPS) is 12.0. The van der Waals surface area contributed by atoms with Crippen LogP contribution in [-0.4, -0.2) is 26.7 Å². The van der Waals surface area contributed by atoms with E-state index in [1.807, 2.05) is 12.1 Å². The monoisotopic (exact) mass is 325 g/mol. The Hall–Kier alpha value is -1.56. The molecule has 0 saturated carbocycles. The summed E-state index contributed by atoms with van der Waals surface area (Å²) in [5.41, 5.74) is 0.549. The molecule has 0 saturated heterocycles. The number of thiophene rings is 1. The SMILES string of the molecule is COc1cccc(C(=O)NCC(OC)c2ccc(Cl)s2)c1. The van der Waals surface area contributed by atoms with Gasteiger partial charge in [0.25, 0.3) is 5.91 Å². The Kier molecular flexibility index (Phi) is 5.61. The minimum Gasteiger partial charge on any atom is -0.497 e. The maximum Gasteiger partial charge on any atom is 0.251 e. The average molecular weight is 326 g/mol. The van der Waals surface area contributed by atoms with Gasteiger partial charge in [0.1, 0.15) is 11.9 Å². The van der Waals surface area contributed by atoms with Gasteiger partial charge in [0.2, 0.25) is 0 Å². The Balaban J connectivity index is 1.99. The lowest BCUT2D eigenvalue weighted by molar-refractivity contribution is 0.0837. The Labute approximate surface area is 132 Å². The number of carbonyl (C=O) groups is 1. The number of ether oxygens (including phenoxy) is 2. The second-order valence-corrected chi connectivity index (χ2v) is 6.05. The van der Waals surface area contributed by atoms with Crippen molar-refractivity contribution in [3.8, 4) is 5.75 Å². The first-order valence-corrected chi connectivity index (χ1v) is 7.53. The second-order valence-electron chi connectivity index (χ2n) is 4.31. The zero-order valence-electron chi connectivity index (χ0n) is 11.8. The van der Waals surface area contributed by atoms with Crippen LogP contribution in [0.4, 0.5) is 0 Å². The van der Waals surface area contributed by atoms with Crippen LogP contribution in [0.1, 0.15) is 21.3 Å². The maximum atomic E-state index is 12.1. The molecule has 0 aliphatic heterocycles. The molecule has 0 fully saturated rings. The Morgan fingerprint density at radius 2 is 2.14 bits per heavy atom. The third kappa shape index (κ3) is 4.20. The zero-order valence-corrected chi connectivity index (χ0v) is 13.3. The van der Waals surface area contributed by atoms with Crippen molar-refractivity contribution in [1.29, 1.82) is 0 Å². The molecule has 0 spiro atoms. The van der Waals surface area contributed by atoms with Crippen LogP contribution < -0.4 is 10.1 Å². The van der Waals surface area contributed by atoms with E-state index in [0.29, 0.717) is 22.2 Å². The van der Waals surface area contributed by atoms with Crippen LogP contribution in [0.2, 0.25) is 4.34 Å². The van der Waals surface area contributed by atoms with Crippen LogP contribution in [-0.2, 0) is 4.74 Å². The predicted octanol–water partition coefficient (Wildman–Crippen LogP) is 3.53. The van der Waals surface area contributed by atoms with Crippen molar-refractivity contribution in [2.45, 2.75) is 6.10 Å². The molecule has 0 aliphatic rings. The molecule has 6 heteroatoms. The first-order chi connectivity index (χ1) is 10.1. The molecular formula is C15H16ClNO3S. The number of benzene rings is 1. The van der Waals surface area contributed by atoms with Gasteiger partial charge < -0.3 is 14.8 Å². The van der Waals surface area contributed by atoms with Crippen molar-refractivity contribution in [2.24, 2.45) is 0 Å². The molecule has 2 aromatic rings. The van der Waals surface area contributed by atoms with Gasteiger partial charge in [-0.15, -0.1) is 11.3 Å². The minimum absolute atomic E-state index is 0.168. The summed E-state index contributed by atoms with van der Waals surface area (Å²) in [6.07, 6.45) is -0.211. The number of halogens is 1. The van der Waals surface area contributed by atoms with Gasteiger partial charge in [-0.3, -0.25) is 4.79 Å². The number of methoxy groups -OCH3 is 2. The average Bonchev–Trinajstić information content (AvgIpc) is 2.94. The Morgan fingerprint density at radius 1 is 1.33 bits per heavy atom. The lowest BCUT2D eigenvalue weighted by atomic mass is 10.2. The highest BCUT2D eigenvalue weighted by atomic mass is 35.5. The lowest BCUT2D eigenvalue weighted by Gasteiger charge is -2.14. The fourth-order valence-corrected chi connectivity index (χ4v) is 2.99. The van der Waals surface area contributed by atoms with Gasteiger partial charge in [0.05, 0.1) is 11.4 Å². The molecule has 4 nitrogen and oxygen atoms in total. The summed E-state index contributed by atoms with van der Waals surface area (Å²) in [5.74, 6) is 0.481. The first-order valence-electron chi connectivity index (χ1n) is 6.34. The smallest absolute Gasteiger partial charge is 0.251 e. The summed E-state index contributed by atoms with van der Waals surface area (Å²) in [6, 6.07) is 10.7. The molecule has 1 N–H and O–H groups in total. The van der Waals surface area contributed by atoms with E-state index in [9.17, 15) is 4.79 Å². The molecule has 1 aromatic heterocycles. The van der Waals surface area contributed by atoms with Crippen molar-refractivity contribution < 1.29 is 14.3 Å². The van der Waals surface area contributed by atoms with Gasteiger partial charge >= 0.3 is 0 Å². The molecule has 21 heavy (non-hydrogen) atoms. The summed E-state index contributed by atoms with van der Waals surface area (Å²) < 4.78 is 11.2. The van der Waals surface area contributed by atoms with Crippen LogP contribution in [0, 0.1) is 0 Å². The molecule has 1 aromatic carbocycles. The summed E-state index contributed by atoms with van der Waals surface area (Å²) >= 11 is 7.36. The van der Waals surface area contributed by atoms with Crippen LogP contribution in [0.15, 0.2) is 36.4 Å². The number of hydrogen-bond acceptors (Lipinski definition) is 4. The molecule has 1 atom stereocenters. The third-order valence-electron chi connectivity index (χ3n) is 2.98. The number of carbonyl (C=O) groups excluding carboxylic acids is 1. The number of amides is 1. The van der Waals surface area contributed by atoms with Crippen molar-refractivity contribution in [2.75, 3.05) is 20.8 Å². The topological polar surface area (TPSA) is 47.6 Å². The fraction of sp³-hybridized carbons (Fsp3) is 0.267. The zero-order chi connectivity index (χ0) is 15.2.